The Kier molecular flexibility index (Phi) is 3.73. The first-order valence-corrected chi connectivity index (χ1v) is 8.83. The van der Waals surface area contributed by atoms with Gasteiger partial charge in [-0.3, -0.25) is 0 Å². The third kappa shape index (κ3) is 2.29. The molecule has 0 spiro atoms. The molecule has 0 unspecified atom stereocenters. The molecule has 0 bridgehead atoms. The van der Waals surface area contributed by atoms with Gasteiger partial charge in [0, 0.05) is 4.47 Å². The lowest BCUT2D eigenvalue weighted by Gasteiger charge is -2.08. The van der Waals surface area contributed by atoms with Crippen molar-refractivity contribution in [3.05, 3.63) is 92.3 Å². The Labute approximate surface area is 152 Å². The molecule has 0 aromatic heterocycles. The van der Waals surface area contributed by atoms with Crippen LogP contribution in [0.25, 0.3) is 22.2 Å². The molecule has 1 aliphatic carbocycles. The van der Waals surface area contributed by atoms with Crippen LogP contribution in [0.4, 0.5) is 0 Å². The second-order valence-corrected chi connectivity index (χ2v) is 7.19. The Balaban J connectivity index is 2.13. The molecule has 0 fully saturated rings. The summed E-state index contributed by atoms with van der Waals surface area (Å²) in [7, 11) is 6.61. The van der Waals surface area contributed by atoms with Gasteiger partial charge in [-0.1, -0.05) is 69.9 Å². The van der Waals surface area contributed by atoms with Gasteiger partial charge in [-0.2, -0.15) is 0 Å². The van der Waals surface area contributed by atoms with Gasteiger partial charge >= 0.3 is 0 Å². The Hall–Kier alpha value is -2.06. The molecule has 0 nitrogen and oxygen atoms in total. The fourth-order valence-electron chi connectivity index (χ4n) is 3.63. The number of hydrogen-bond acceptors (Lipinski definition) is 0. The first-order chi connectivity index (χ1) is 11.6. The van der Waals surface area contributed by atoms with E-state index in [1.165, 1.54) is 33.0 Å². The molecule has 3 aromatic rings. The van der Waals surface area contributed by atoms with Crippen LogP contribution in [0.3, 0.4) is 0 Å². The lowest BCUT2D eigenvalue weighted by atomic mass is 9.83. The third-order valence-electron chi connectivity index (χ3n) is 4.84. The predicted octanol–water partition coefficient (Wildman–Crippen LogP) is 4.28. The smallest absolute Gasteiger partial charge is 0.0816 e. The molecular weight excluding hydrogens is 355 g/mol. The van der Waals surface area contributed by atoms with Crippen molar-refractivity contribution in [2.24, 2.45) is 0 Å². The van der Waals surface area contributed by atoms with Crippen LogP contribution in [-0.4, -0.2) is 7.85 Å². The van der Waals surface area contributed by atoms with Crippen molar-refractivity contribution in [3.63, 3.8) is 0 Å². The lowest BCUT2D eigenvalue weighted by Crippen LogP contribution is -2.29. The van der Waals surface area contributed by atoms with Crippen molar-refractivity contribution in [1.29, 1.82) is 0 Å². The first kappa shape index (κ1) is 15.5. The van der Waals surface area contributed by atoms with E-state index in [0.29, 0.717) is 0 Å². The average molecular weight is 371 g/mol. The largest absolute Gasteiger partial charge is 0.115 e. The minimum atomic E-state index is 0.844. The van der Waals surface area contributed by atoms with Gasteiger partial charge in [-0.15, -0.1) is 0 Å². The van der Waals surface area contributed by atoms with Gasteiger partial charge in [0.25, 0.3) is 0 Å². The quantitative estimate of drug-likeness (QED) is 0.561. The molecule has 2 radical (unpaired) electrons. The lowest BCUT2D eigenvalue weighted by molar-refractivity contribution is 1.41. The van der Waals surface area contributed by atoms with Crippen molar-refractivity contribution >= 4 is 34.8 Å². The van der Waals surface area contributed by atoms with Gasteiger partial charge < -0.3 is 0 Å². The van der Waals surface area contributed by atoms with Crippen molar-refractivity contribution in [2.45, 2.75) is 13.8 Å². The molecular formula is C22H16BBr. The van der Waals surface area contributed by atoms with Crippen LogP contribution in [0.2, 0.25) is 0 Å². The molecule has 114 valence electrons. The Morgan fingerprint density at radius 3 is 2.42 bits per heavy atom. The van der Waals surface area contributed by atoms with Gasteiger partial charge in [0.2, 0.25) is 0 Å². The highest BCUT2D eigenvalue weighted by molar-refractivity contribution is 9.10. The zero-order valence-corrected chi connectivity index (χ0v) is 15.3. The van der Waals surface area contributed by atoms with Crippen molar-refractivity contribution in [1.82, 2.24) is 0 Å². The molecule has 24 heavy (non-hydrogen) atoms. The molecule has 0 heterocycles. The van der Waals surface area contributed by atoms with Crippen LogP contribution in [0.5, 0.6) is 0 Å². The highest BCUT2D eigenvalue weighted by Crippen LogP contribution is 2.33. The zero-order valence-electron chi connectivity index (χ0n) is 13.7. The normalized spacial score (nSPS) is 13.5. The third-order valence-corrected chi connectivity index (χ3v) is 5.33. The summed E-state index contributed by atoms with van der Waals surface area (Å²) in [6.07, 6.45) is 0. The van der Waals surface area contributed by atoms with E-state index in [0.717, 1.165) is 20.7 Å². The van der Waals surface area contributed by atoms with Gasteiger partial charge in [-0.05, 0) is 69.8 Å². The minimum absolute atomic E-state index is 0.844. The van der Waals surface area contributed by atoms with Gasteiger partial charge in [0.1, 0.15) is 7.85 Å². The minimum Gasteiger partial charge on any atom is -0.0816 e. The van der Waals surface area contributed by atoms with Crippen LogP contribution < -0.4 is 10.4 Å². The second-order valence-electron chi connectivity index (χ2n) is 6.27. The molecule has 0 amide bonds. The van der Waals surface area contributed by atoms with E-state index in [1.807, 2.05) is 12.1 Å². The van der Waals surface area contributed by atoms with E-state index >= 15 is 0 Å². The van der Waals surface area contributed by atoms with Crippen LogP contribution >= 0.6 is 15.9 Å². The number of aryl methyl sites for hydroxylation is 1. The van der Waals surface area contributed by atoms with E-state index in [-0.39, 0.29) is 0 Å². The maximum atomic E-state index is 6.61. The SMILES string of the molecule is [B]/C(c1ccccc1C)=c1\cccc2c1=C(C)c1ccc(Br)cc1-2. The monoisotopic (exact) mass is 370 g/mol. The van der Waals surface area contributed by atoms with Crippen LogP contribution in [-0.2, 0) is 0 Å². The van der Waals surface area contributed by atoms with E-state index in [2.05, 4.69) is 78.3 Å². The zero-order chi connectivity index (χ0) is 16.8. The number of benzene rings is 3. The van der Waals surface area contributed by atoms with E-state index in [1.54, 1.807) is 0 Å². The fourth-order valence-corrected chi connectivity index (χ4v) is 3.99. The standard InChI is InChI=1S/C22H16BBr/c1-13-6-3-4-7-16(13)22(23)19-9-5-8-18-20-12-15(24)10-11-17(20)14(2)21(18)19/h3-12H,1-2H3/b22-19+. The van der Waals surface area contributed by atoms with Crippen LogP contribution in [0, 0.1) is 6.92 Å². The molecule has 0 saturated heterocycles. The Bertz CT molecular complexity index is 1090. The summed E-state index contributed by atoms with van der Waals surface area (Å²) in [6, 6.07) is 21.2. The number of rotatable bonds is 1. The Morgan fingerprint density at radius 1 is 0.833 bits per heavy atom. The molecule has 0 saturated carbocycles. The molecule has 0 N–H and O–H groups in total. The summed E-state index contributed by atoms with van der Waals surface area (Å²) in [5.74, 6) is 0. The average Bonchev–Trinajstić information content (AvgIpc) is 2.87. The summed E-state index contributed by atoms with van der Waals surface area (Å²) in [4.78, 5) is 0. The molecule has 4 rings (SSSR count). The highest BCUT2D eigenvalue weighted by atomic mass is 79.9. The van der Waals surface area contributed by atoms with Gasteiger partial charge in [-0.25, -0.2) is 0 Å². The summed E-state index contributed by atoms with van der Waals surface area (Å²) in [6.45, 7) is 4.29. The Morgan fingerprint density at radius 2 is 1.62 bits per heavy atom. The van der Waals surface area contributed by atoms with Crippen LogP contribution in [0.15, 0.2) is 65.1 Å². The van der Waals surface area contributed by atoms with E-state index in [4.69, 9.17) is 7.85 Å². The van der Waals surface area contributed by atoms with Crippen molar-refractivity contribution in [3.8, 4) is 11.1 Å². The maximum absolute atomic E-state index is 6.61. The maximum Gasteiger partial charge on any atom is 0.115 e. The molecule has 0 atom stereocenters. The number of fused-ring (bicyclic) bond motifs is 3. The molecule has 2 heteroatoms. The van der Waals surface area contributed by atoms with Gasteiger partial charge in [0.15, 0.2) is 0 Å². The first-order valence-electron chi connectivity index (χ1n) is 8.04. The molecule has 3 aromatic carbocycles. The van der Waals surface area contributed by atoms with Crippen molar-refractivity contribution < 1.29 is 0 Å². The second kappa shape index (κ2) is 5.79. The molecule has 0 aliphatic heterocycles. The summed E-state index contributed by atoms with van der Waals surface area (Å²) in [5, 5.41) is 2.37. The fraction of sp³-hybridized carbons (Fsp3) is 0.0909. The predicted molar refractivity (Wildman–Crippen MR) is 106 cm³/mol. The molecule has 1 aliphatic rings. The summed E-state index contributed by atoms with van der Waals surface area (Å²) >= 11 is 3.59. The van der Waals surface area contributed by atoms with Crippen molar-refractivity contribution in [2.75, 3.05) is 0 Å². The highest BCUT2D eigenvalue weighted by Gasteiger charge is 2.18. The number of hydrogen-bond donors (Lipinski definition) is 0. The number of halogens is 1. The summed E-state index contributed by atoms with van der Waals surface area (Å²) < 4.78 is 1.10. The van der Waals surface area contributed by atoms with E-state index in [9.17, 15) is 0 Å². The van der Waals surface area contributed by atoms with E-state index < -0.39 is 0 Å². The van der Waals surface area contributed by atoms with Gasteiger partial charge in [0.05, 0.1) is 0 Å². The topological polar surface area (TPSA) is 0 Å². The summed E-state index contributed by atoms with van der Waals surface area (Å²) in [5.41, 5.74) is 8.27. The van der Waals surface area contributed by atoms with Crippen LogP contribution in [0.1, 0.15) is 23.6 Å².